The lowest BCUT2D eigenvalue weighted by atomic mass is 10.1. The van der Waals surface area contributed by atoms with Gasteiger partial charge in [0.05, 0.1) is 13.2 Å². The van der Waals surface area contributed by atoms with E-state index in [1.165, 1.54) is 0 Å². The van der Waals surface area contributed by atoms with E-state index < -0.39 is 110 Å². The summed E-state index contributed by atoms with van der Waals surface area (Å²) in [5, 5.41) is 40.7. The number of hydrogen-bond acceptors (Lipinski definition) is 17. The van der Waals surface area contributed by atoms with E-state index >= 15 is 0 Å². The number of aromatic nitrogens is 4. The van der Waals surface area contributed by atoms with Crippen LogP contribution in [0.2, 0.25) is 0 Å². The largest absolute Gasteiger partial charge is 0.387 e. The Labute approximate surface area is 234 Å². The van der Waals surface area contributed by atoms with Crippen molar-refractivity contribution >= 4 is 24.8 Å². The molecule has 0 saturated carbocycles. The zero-order valence-electron chi connectivity index (χ0n) is 20.8. The van der Waals surface area contributed by atoms with E-state index in [2.05, 4.69) is 8.62 Å². The zero-order chi connectivity index (χ0) is 30.7. The number of hydrogen-bond donors (Lipinski definition) is 6. The summed E-state index contributed by atoms with van der Waals surface area (Å²) in [4.78, 5) is 50.1. The minimum absolute atomic E-state index is 0.676. The summed E-state index contributed by atoms with van der Waals surface area (Å²) in [5.74, 6) is 0. The van der Waals surface area contributed by atoms with Gasteiger partial charge >= 0.3 is 36.1 Å². The molecular formula is C18H25N4O17P3. The van der Waals surface area contributed by atoms with Crippen LogP contribution in [-0.4, -0.2) is 89.4 Å². The number of rotatable bonds is 12. The van der Waals surface area contributed by atoms with Crippen molar-refractivity contribution in [1.82, 2.24) is 19.1 Å². The normalized spacial score (nSPS) is 31.6. The van der Waals surface area contributed by atoms with Gasteiger partial charge in [-0.15, -0.1) is 0 Å². The second-order valence-corrected chi connectivity index (χ2v) is 12.4. The molecule has 2 aromatic rings. The van der Waals surface area contributed by atoms with E-state index in [0.29, 0.717) is 0 Å². The average Bonchev–Trinajstić information content (AvgIpc) is 3.36. The average molecular weight is 662 g/mol. The number of ether oxygens (including phenoxy) is 2. The number of aliphatic hydroxyl groups excluding tert-OH is 4. The number of nitrogens with one attached hydrogen (secondary N) is 2. The van der Waals surface area contributed by atoms with Crippen LogP contribution in [0.15, 0.2) is 43.7 Å². The summed E-state index contributed by atoms with van der Waals surface area (Å²) in [7, 11) is -11.0. The third-order valence-corrected chi connectivity index (χ3v) is 9.46. The highest BCUT2D eigenvalue weighted by atomic mass is 31.2. The minimum Gasteiger partial charge on any atom is -0.387 e. The van der Waals surface area contributed by atoms with Gasteiger partial charge in [0.2, 0.25) is 0 Å². The highest BCUT2D eigenvalue weighted by molar-refractivity contribution is 7.53. The third kappa shape index (κ3) is 7.59. The first kappa shape index (κ1) is 32.6. The lowest BCUT2D eigenvalue weighted by Gasteiger charge is -2.16. The molecule has 4 rings (SSSR count). The molecule has 2 saturated heterocycles. The van der Waals surface area contributed by atoms with Gasteiger partial charge in [-0.3, -0.25) is 42.4 Å². The predicted molar refractivity (Wildman–Crippen MR) is 136 cm³/mol. The van der Waals surface area contributed by atoms with E-state index in [1.807, 2.05) is 9.97 Å². The van der Waals surface area contributed by atoms with Crippen molar-refractivity contribution in [2.45, 2.75) is 49.1 Å². The van der Waals surface area contributed by atoms with Gasteiger partial charge in [-0.25, -0.2) is 18.2 Å². The smallest absolute Gasteiger partial charge is 0.333 e. The van der Waals surface area contributed by atoms with Crippen LogP contribution in [0, 0.1) is 0 Å². The van der Waals surface area contributed by atoms with Crippen molar-refractivity contribution < 1.29 is 61.3 Å². The van der Waals surface area contributed by atoms with E-state index in [-0.39, 0.29) is 0 Å². The maximum atomic E-state index is 12.0. The summed E-state index contributed by atoms with van der Waals surface area (Å²) in [6.45, 7) is -1.35. The van der Waals surface area contributed by atoms with Gasteiger partial charge in [0.15, 0.2) is 12.5 Å². The zero-order valence-corrected chi connectivity index (χ0v) is 23.8. The SMILES string of the molecule is O=c1ccn([C@@H]2O[C@H](CO[PH](=O)O[PH](=O)O[PH](=O)OC[C@H]3O[C@@H](n4ccc(=O)[nH]c4=O)[C@@H](O)C3O)C(O)[C@@H]2O)c(=O)[nH]1. The van der Waals surface area contributed by atoms with Gasteiger partial charge in [0.1, 0.15) is 36.6 Å². The Bertz CT molecular complexity index is 1460. The maximum absolute atomic E-state index is 12.0. The number of aromatic amines is 2. The molecule has 4 heterocycles. The fourth-order valence-electron chi connectivity index (χ4n) is 3.96. The molecule has 24 heteroatoms. The monoisotopic (exact) mass is 662 g/mol. The first-order valence-electron chi connectivity index (χ1n) is 11.7. The van der Waals surface area contributed by atoms with Gasteiger partial charge < -0.3 is 38.9 Å². The van der Waals surface area contributed by atoms with Crippen molar-refractivity contribution in [3.05, 3.63) is 66.2 Å². The third-order valence-electron chi connectivity index (χ3n) is 5.99. The summed E-state index contributed by atoms with van der Waals surface area (Å²) in [5.41, 5.74) is -3.27. The highest BCUT2D eigenvalue weighted by Gasteiger charge is 2.45. The van der Waals surface area contributed by atoms with Crippen LogP contribution in [0.3, 0.4) is 0 Å². The fourth-order valence-corrected chi connectivity index (χ4v) is 6.67. The van der Waals surface area contributed by atoms with E-state index in [9.17, 15) is 53.3 Å². The number of H-pyrrole nitrogens is 2. The number of nitrogens with zero attached hydrogens (tertiary/aromatic N) is 2. The lowest BCUT2D eigenvalue weighted by Crippen LogP contribution is -2.37. The second-order valence-electron chi connectivity index (χ2n) is 8.70. The Morgan fingerprint density at radius 1 is 0.667 bits per heavy atom. The molecule has 0 amide bonds. The first-order chi connectivity index (χ1) is 19.8. The van der Waals surface area contributed by atoms with Crippen molar-refractivity contribution in [1.29, 1.82) is 0 Å². The molecule has 0 aliphatic carbocycles. The molecule has 2 fully saturated rings. The Hall–Kier alpha value is -2.35. The Morgan fingerprint density at radius 2 is 1.05 bits per heavy atom. The molecule has 42 heavy (non-hydrogen) atoms. The molecule has 2 aromatic heterocycles. The molecule has 2 aliphatic rings. The van der Waals surface area contributed by atoms with Crippen LogP contribution in [0.5, 0.6) is 0 Å². The van der Waals surface area contributed by atoms with Crippen LogP contribution < -0.4 is 22.5 Å². The lowest BCUT2D eigenvalue weighted by molar-refractivity contribution is -0.0519. The standard InChI is InChI=1S/C18H25N4O17P3/c23-9-1-3-21(17(29)19-9)15-13(27)11(25)7(36-15)5-34-40(31)38-42(33)39-41(32)35-6-8-12(26)14(28)16(37-8)22-4-2-10(24)20-18(22)30/h1-4,7-8,11-16,25-28,40-42H,5-6H2,(H,19,23,29)(H,20,24,30)/t7-,8-,11?,12?,13+,14+,15-,16-/m1/s1. The Kier molecular flexibility index (Phi) is 10.8. The summed E-state index contributed by atoms with van der Waals surface area (Å²) >= 11 is 0. The Morgan fingerprint density at radius 3 is 1.40 bits per heavy atom. The van der Waals surface area contributed by atoms with Crippen LogP contribution in [-0.2, 0) is 40.8 Å². The van der Waals surface area contributed by atoms with Gasteiger partial charge in [-0.05, 0) is 0 Å². The van der Waals surface area contributed by atoms with Crippen molar-refractivity contribution in [3.8, 4) is 0 Å². The molecule has 4 unspecified atom stereocenters. The molecule has 2 aliphatic heterocycles. The molecule has 10 atom stereocenters. The van der Waals surface area contributed by atoms with Crippen LogP contribution in [0.1, 0.15) is 12.5 Å². The van der Waals surface area contributed by atoms with Crippen LogP contribution in [0.25, 0.3) is 0 Å². The van der Waals surface area contributed by atoms with Crippen LogP contribution >= 0.6 is 24.8 Å². The Balaban J connectivity index is 1.21. The maximum Gasteiger partial charge on any atom is 0.333 e. The van der Waals surface area contributed by atoms with E-state index in [1.54, 1.807) is 0 Å². The van der Waals surface area contributed by atoms with E-state index in [4.69, 9.17) is 18.5 Å². The highest BCUT2D eigenvalue weighted by Crippen LogP contribution is 2.47. The van der Waals surface area contributed by atoms with Crippen molar-refractivity contribution in [2.24, 2.45) is 0 Å². The predicted octanol–water partition coefficient (Wildman–Crippen LogP) is -3.44. The fraction of sp³-hybridized carbons (Fsp3) is 0.556. The molecule has 0 bridgehead atoms. The van der Waals surface area contributed by atoms with Gasteiger partial charge in [0.25, 0.3) is 11.1 Å². The molecular weight excluding hydrogens is 637 g/mol. The minimum atomic E-state index is -3.75. The van der Waals surface area contributed by atoms with Crippen molar-refractivity contribution in [3.63, 3.8) is 0 Å². The molecule has 21 nitrogen and oxygen atoms in total. The van der Waals surface area contributed by atoms with Crippen molar-refractivity contribution in [2.75, 3.05) is 13.2 Å². The quantitative estimate of drug-likeness (QED) is 0.120. The topological polar surface area (TPSA) is 297 Å². The van der Waals surface area contributed by atoms with Crippen LogP contribution in [0.4, 0.5) is 0 Å². The molecule has 0 radical (unpaired) electrons. The second kappa shape index (κ2) is 14.0. The molecule has 0 spiro atoms. The van der Waals surface area contributed by atoms with E-state index in [0.717, 1.165) is 33.7 Å². The number of aliphatic hydroxyl groups is 4. The van der Waals surface area contributed by atoms with Gasteiger partial charge in [-0.1, -0.05) is 0 Å². The van der Waals surface area contributed by atoms with Gasteiger partial charge in [-0.2, -0.15) is 0 Å². The van der Waals surface area contributed by atoms with Gasteiger partial charge in [0, 0.05) is 24.5 Å². The molecule has 0 aromatic carbocycles. The first-order valence-corrected chi connectivity index (χ1v) is 15.4. The molecule has 6 N–H and O–H groups in total. The summed E-state index contributed by atoms with van der Waals surface area (Å²) in [6, 6.07) is 1.96. The molecule has 234 valence electrons. The summed E-state index contributed by atoms with van der Waals surface area (Å²) < 4.78 is 67.0. The summed E-state index contributed by atoms with van der Waals surface area (Å²) in [6.07, 6.45) is -10.0.